The van der Waals surface area contributed by atoms with E-state index in [2.05, 4.69) is 5.32 Å². The molecule has 1 aromatic rings. The number of anilines is 2. The van der Waals surface area contributed by atoms with Crippen molar-refractivity contribution < 1.29 is 14.0 Å². The summed E-state index contributed by atoms with van der Waals surface area (Å²) < 4.78 is 12.9. The molecule has 0 aliphatic heterocycles. The molecule has 0 unspecified atom stereocenters. The first-order valence-corrected chi connectivity index (χ1v) is 6.78. The van der Waals surface area contributed by atoms with E-state index in [9.17, 15) is 14.0 Å². The Morgan fingerprint density at radius 3 is 2.62 bits per heavy atom. The lowest BCUT2D eigenvalue weighted by Gasteiger charge is -2.20. The monoisotopic (exact) mass is 296 g/mol. The van der Waals surface area contributed by atoms with Crippen LogP contribution in [0.3, 0.4) is 0 Å². The maximum Gasteiger partial charge on any atom is 0.238 e. The van der Waals surface area contributed by atoms with E-state index < -0.39 is 11.7 Å². The molecular weight excluding hydrogens is 275 g/mol. The summed E-state index contributed by atoms with van der Waals surface area (Å²) in [5.74, 6) is -1.28. The summed E-state index contributed by atoms with van der Waals surface area (Å²) in [5.41, 5.74) is 11.3. The summed E-state index contributed by atoms with van der Waals surface area (Å²) in [6.45, 7) is 2.67. The van der Waals surface area contributed by atoms with Crippen LogP contribution in [0.1, 0.15) is 19.8 Å². The summed E-state index contributed by atoms with van der Waals surface area (Å²) in [7, 11) is 0. The molecule has 0 saturated carbocycles. The smallest absolute Gasteiger partial charge is 0.238 e. The fourth-order valence-corrected chi connectivity index (χ4v) is 1.86. The van der Waals surface area contributed by atoms with Crippen molar-refractivity contribution >= 4 is 23.2 Å². The molecule has 21 heavy (non-hydrogen) atoms. The summed E-state index contributed by atoms with van der Waals surface area (Å²) in [4.78, 5) is 24.6. The van der Waals surface area contributed by atoms with Crippen molar-refractivity contribution in [2.75, 3.05) is 30.7 Å². The number of carbonyl (C=O) groups is 2. The van der Waals surface area contributed by atoms with Crippen LogP contribution in [-0.4, -0.2) is 36.3 Å². The van der Waals surface area contributed by atoms with E-state index in [-0.39, 0.29) is 24.7 Å². The van der Waals surface area contributed by atoms with E-state index in [4.69, 9.17) is 11.5 Å². The normalized spacial score (nSPS) is 10.6. The number of unbranched alkanes of at least 4 members (excludes halogenated alkanes) is 1. The largest absolute Gasteiger partial charge is 0.397 e. The number of benzene rings is 1. The number of amides is 2. The molecule has 0 atom stereocenters. The molecule has 0 aliphatic carbocycles. The Bertz CT molecular complexity index is 508. The highest BCUT2D eigenvalue weighted by molar-refractivity contribution is 5.95. The zero-order valence-electron chi connectivity index (χ0n) is 12.1. The maximum absolute atomic E-state index is 12.9. The van der Waals surface area contributed by atoms with Crippen molar-refractivity contribution in [2.45, 2.75) is 19.8 Å². The molecule has 1 aromatic carbocycles. The van der Waals surface area contributed by atoms with Crippen LogP contribution >= 0.6 is 0 Å². The van der Waals surface area contributed by atoms with Crippen LogP contribution in [0.15, 0.2) is 18.2 Å². The molecule has 0 heterocycles. The van der Waals surface area contributed by atoms with Gasteiger partial charge in [-0.3, -0.25) is 14.5 Å². The highest BCUT2D eigenvalue weighted by Gasteiger charge is 2.13. The van der Waals surface area contributed by atoms with E-state index >= 15 is 0 Å². The van der Waals surface area contributed by atoms with Gasteiger partial charge in [-0.2, -0.15) is 0 Å². The summed E-state index contributed by atoms with van der Waals surface area (Å²) >= 11 is 0. The van der Waals surface area contributed by atoms with E-state index in [0.29, 0.717) is 12.2 Å². The standard InChI is InChI=1S/C14H21FN4O2/c1-2-3-6-19(8-13(17)20)9-14(21)18-12-5-4-10(15)7-11(12)16/h4-5,7H,2-3,6,8-9,16H2,1H3,(H2,17,20)(H,18,21). The Kier molecular flexibility index (Phi) is 6.61. The van der Waals surface area contributed by atoms with Crippen molar-refractivity contribution in [2.24, 2.45) is 5.73 Å². The fourth-order valence-electron chi connectivity index (χ4n) is 1.86. The van der Waals surface area contributed by atoms with Crippen molar-refractivity contribution in [3.8, 4) is 0 Å². The van der Waals surface area contributed by atoms with Gasteiger partial charge in [-0.1, -0.05) is 13.3 Å². The zero-order valence-corrected chi connectivity index (χ0v) is 12.1. The highest BCUT2D eigenvalue weighted by Crippen LogP contribution is 2.18. The Balaban J connectivity index is 2.61. The number of primary amides is 1. The second-order valence-electron chi connectivity index (χ2n) is 4.81. The fraction of sp³-hybridized carbons (Fsp3) is 0.429. The van der Waals surface area contributed by atoms with Crippen molar-refractivity contribution in [3.05, 3.63) is 24.0 Å². The van der Waals surface area contributed by atoms with E-state index in [1.807, 2.05) is 6.92 Å². The average Bonchev–Trinajstić information content (AvgIpc) is 2.38. The number of carbonyl (C=O) groups excluding carboxylic acids is 2. The topological polar surface area (TPSA) is 101 Å². The molecule has 0 aromatic heterocycles. The van der Waals surface area contributed by atoms with Gasteiger partial charge in [-0.25, -0.2) is 4.39 Å². The molecule has 2 amide bonds. The predicted molar refractivity (Wildman–Crippen MR) is 80.0 cm³/mol. The molecule has 0 bridgehead atoms. The van der Waals surface area contributed by atoms with Gasteiger partial charge in [-0.05, 0) is 31.2 Å². The van der Waals surface area contributed by atoms with Crippen molar-refractivity contribution in [1.82, 2.24) is 4.90 Å². The minimum absolute atomic E-state index is 0.0202. The quantitative estimate of drug-likeness (QED) is 0.621. The van der Waals surface area contributed by atoms with Gasteiger partial charge in [0.15, 0.2) is 0 Å². The first-order valence-electron chi connectivity index (χ1n) is 6.78. The second-order valence-corrected chi connectivity index (χ2v) is 4.81. The van der Waals surface area contributed by atoms with Gasteiger partial charge in [-0.15, -0.1) is 0 Å². The number of nitrogens with zero attached hydrogens (tertiary/aromatic N) is 1. The predicted octanol–water partition coefficient (Wildman–Crippen LogP) is 0.934. The van der Waals surface area contributed by atoms with E-state index in [1.165, 1.54) is 12.1 Å². The number of nitrogen functional groups attached to an aromatic ring is 1. The number of nitrogens with one attached hydrogen (secondary N) is 1. The number of hydrogen-bond acceptors (Lipinski definition) is 4. The highest BCUT2D eigenvalue weighted by atomic mass is 19.1. The second kappa shape index (κ2) is 8.21. The Morgan fingerprint density at radius 1 is 1.33 bits per heavy atom. The number of rotatable bonds is 8. The Morgan fingerprint density at radius 2 is 2.05 bits per heavy atom. The lowest BCUT2D eigenvalue weighted by atomic mass is 10.2. The molecule has 6 nitrogen and oxygen atoms in total. The maximum atomic E-state index is 12.9. The van der Waals surface area contributed by atoms with E-state index in [0.717, 1.165) is 18.9 Å². The summed E-state index contributed by atoms with van der Waals surface area (Å²) in [5, 5.41) is 2.59. The van der Waals surface area contributed by atoms with Gasteiger partial charge in [0.1, 0.15) is 5.82 Å². The van der Waals surface area contributed by atoms with Gasteiger partial charge in [0.25, 0.3) is 0 Å². The van der Waals surface area contributed by atoms with Crippen LogP contribution in [0.4, 0.5) is 15.8 Å². The molecule has 116 valence electrons. The lowest BCUT2D eigenvalue weighted by molar-refractivity contribution is -0.121. The van der Waals surface area contributed by atoms with Gasteiger partial charge < -0.3 is 16.8 Å². The zero-order chi connectivity index (χ0) is 15.8. The molecule has 0 saturated heterocycles. The molecule has 0 aliphatic rings. The third-order valence-electron chi connectivity index (χ3n) is 2.86. The molecule has 0 spiro atoms. The summed E-state index contributed by atoms with van der Waals surface area (Å²) in [6.07, 6.45) is 1.81. The van der Waals surface area contributed by atoms with Crippen LogP contribution in [-0.2, 0) is 9.59 Å². The van der Waals surface area contributed by atoms with Crippen LogP contribution in [0.2, 0.25) is 0 Å². The Labute approximate surface area is 123 Å². The number of nitrogens with two attached hydrogens (primary N) is 2. The molecule has 0 radical (unpaired) electrons. The summed E-state index contributed by atoms with van der Waals surface area (Å²) in [6, 6.07) is 3.74. The number of halogens is 1. The molecule has 0 fully saturated rings. The first kappa shape index (κ1) is 16.9. The molecule has 7 heteroatoms. The van der Waals surface area contributed by atoms with Crippen LogP contribution in [0.5, 0.6) is 0 Å². The molecular formula is C14H21FN4O2. The lowest BCUT2D eigenvalue weighted by Crippen LogP contribution is -2.39. The third kappa shape index (κ3) is 6.22. The average molecular weight is 296 g/mol. The van der Waals surface area contributed by atoms with Gasteiger partial charge in [0.2, 0.25) is 11.8 Å². The Hall–Kier alpha value is -2.15. The van der Waals surface area contributed by atoms with E-state index in [1.54, 1.807) is 4.90 Å². The van der Waals surface area contributed by atoms with Crippen LogP contribution in [0.25, 0.3) is 0 Å². The number of hydrogen-bond donors (Lipinski definition) is 3. The first-order chi connectivity index (χ1) is 9.92. The van der Waals surface area contributed by atoms with Crippen molar-refractivity contribution in [1.29, 1.82) is 0 Å². The van der Waals surface area contributed by atoms with Crippen LogP contribution < -0.4 is 16.8 Å². The van der Waals surface area contributed by atoms with Crippen molar-refractivity contribution in [3.63, 3.8) is 0 Å². The molecule has 5 N–H and O–H groups in total. The minimum atomic E-state index is -0.486. The van der Waals surface area contributed by atoms with Gasteiger partial charge in [0.05, 0.1) is 24.5 Å². The third-order valence-corrected chi connectivity index (χ3v) is 2.86. The minimum Gasteiger partial charge on any atom is -0.397 e. The molecule has 1 rings (SSSR count). The van der Waals surface area contributed by atoms with Gasteiger partial charge in [0, 0.05) is 0 Å². The van der Waals surface area contributed by atoms with Crippen LogP contribution in [0, 0.1) is 5.82 Å². The SMILES string of the molecule is CCCCN(CC(N)=O)CC(=O)Nc1ccc(F)cc1N. The van der Waals surface area contributed by atoms with Gasteiger partial charge >= 0.3 is 0 Å².